The third-order valence-corrected chi connectivity index (χ3v) is 4.62. The summed E-state index contributed by atoms with van der Waals surface area (Å²) in [6.45, 7) is 2.17. The van der Waals surface area contributed by atoms with E-state index >= 15 is 0 Å². The average Bonchev–Trinajstić information content (AvgIpc) is 2.75. The zero-order valence-electron chi connectivity index (χ0n) is 13.3. The normalized spacial score (nSPS) is 15.7. The fourth-order valence-corrected chi connectivity index (χ4v) is 3.01. The molecule has 5 heteroatoms. The maximum atomic E-state index is 11.9. The van der Waals surface area contributed by atoms with E-state index < -0.39 is 0 Å². The standard InChI is InChI=1S/C18H23BrN2O2/c19-16-8-4-3-7-15(16)10-11-17(22)20-12-6-14-21-13-5-1-2-9-18(21)23/h3-4,7-8,10-11H,1-2,5-6,9,12-14H2,(H,20,22). The molecule has 0 atom stereocenters. The lowest BCUT2D eigenvalue weighted by Gasteiger charge is -2.20. The van der Waals surface area contributed by atoms with Gasteiger partial charge in [0, 0.05) is 36.6 Å². The molecule has 0 spiro atoms. The predicted octanol–water partition coefficient (Wildman–Crippen LogP) is 3.37. The zero-order valence-corrected chi connectivity index (χ0v) is 14.8. The van der Waals surface area contributed by atoms with Gasteiger partial charge in [-0.1, -0.05) is 40.5 Å². The van der Waals surface area contributed by atoms with E-state index in [2.05, 4.69) is 21.2 Å². The van der Waals surface area contributed by atoms with E-state index in [1.165, 1.54) is 6.08 Å². The lowest BCUT2D eigenvalue weighted by atomic mass is 10.2. The summed E-state index contributed by atoms with van der Waals surface area (Å²) in [7, 11) is 0. The van der Waals surface area contributed by atoms with E-state index in [0.29, 0.717) is 13.0 Å². The van der Waals surface area contributed by atoms with E-state index in [1.54, 1.807) is 6.08 Å². The summed E-state index contributed by atoms with van der Waals surface area (Å²) in [4.78, 5) is 25.6. The Hall–Kier alpha value is -1.62. The van der Waals surface area contributed by atoms with Crippen LogP contribution in [0.4, 0.5) is 0 Å². The van der Waals surface area contributed by atoms with E-state index in [0.717, 1.165) is 48.8 Å². The van der Waals surface area contributed by atoms with Crippen LogP contribution in [-0.2, 0) is 9.59 Å². The first-order valence-electron chi connectivity index (χ1n) is 8.15. The smallest absolute Gasteiger partial charge is 0.244 e. The highest BCUT2D eigenvalue weighted by Gasteiger charge is 2.15. The van der Waals surface area contributed by atoms with Gasteiger partial charge in [-0.25, -0.2) is 0 Å². The minimum absolute atomic E-state index is 0.108. The largest absolute Gasteiger partial charge is 0.352 e. The summed E-state index contributed by atoms with van der Waals surface area (Å²) < 4.78 is 0.962. The molecular formula is C18H23BrN2O2. The van der Waals surface area contributed by atoms with Crippen LogP contribution in [0.3, 0.4) is 0 Å². The Morgan fingerprint density at radius 2 is 2.09 bits per heavy atom. The molecule has 0 radical (unpaired) electrons. The molecule has 1 aromatic carbocycles. The van der Waals surface area contributed by atoms with Crippen LogP contribution < -0.4 is 5.32 Å². The highest BCUT2D eigenvalue weighted by atomic mass is 79.9. The predicted molar refractivity (Wildman–Crippen MR) is 95.9 cm³/mol. The maximum absolute atomic E-state index is 11.9. The highest BCUT2D eigenvalue weighted by Crippen LogP contribution is 2.17. The third-order valence-electron chi connectivity index (χ3n) is 3.89. The Balaban J connectivity index is 1.68. The molecule has 124 valence electrons. The number of amides is 2. The average molecular weight is 379 g/mol. The summed E-state index contributed by atoms with van der Waals surface area (Å²) in [6, 6.07) is 7.75. The second-order valence-electron chi connectivity index (χ2n) is 5.69. The van der Waals surface area contributed by atoms with E-state index in [1.807, 2.05) is 29.2 Å². The number of rotatable bonds is 6. The fraction of sp³-hybridized carbons (Fsp3) is 0.444. The molecule has 2 amide bonds. The van der Waals surface area contributed by atoms with Crippen molar-refractivity contribution in [1.82, 2.24) is 10.2 Å². The molecule has 1 aliphatic heterocycles. The second kappa shape index (κ2) is 9.50. The third kappa shape index (κ3) is 6.18. The SMILES string of the molecule is O=C(C=Cc1ccccc1Br)NCCCN1CCCCCC1=O. The van der Waals surface area contributed by atoms with Gasteiger partial charge in [0.05, 0.1) is 0 Å². The number of carbonyl (C=O) groups is 2. The van der Waals surface area contributed by atoms with Crippen molar-refractivity contribution in [2.24, 2.45) is 0 Å². The molecule has 1 heterocycles. The molecule has 2 rings (SSSR count). The zero-order chi connectivity index (χ0) is 16.5. The molecule has 1 saturated heterocycles. The second-order valence-corrected chi connectivity index (χ2v) is 6.55. The lowest BCUT2D eigenvalue weighted by Crippen LogP contribution is -2.33. The van der Waals surface area contributed by atoms with Crippen LogP contribution >= 0.6 is 15.9 Å². The topological polar surface area (TPSA) is 49.4 Å². The van der Waals surface area contributed by atoms with Crippen molar-refractivity contribution in [2.45, 2.75) is 32.1 Å². The number of nitrogens with one attached hydrogen (secondary N) is 1. The monoisotopic (exact) mass is 378 g/mol. The van der Waals surface area contributed by atoms with Gasteiger partial charge >= 0.3 is 0 Å². The summed E-state index contributed by atoms with van der Waals surface area (Å²) in [5, 5.41) is 2.86. The Bertz CT molecular complexity index is 572. The molecule has 0 aliphatic carbocycles. The van der Waals surface area contributed by atoms with Gasteiger partial charge in [0.25, 0.3) is 0 Å². The Labute approximate surface area is 146 Å². The molecule has 0 unspecified atom stereocenters. The van der Waals surface area contributed by atoms with Crippen LogP contribution in [0.25, 0.3) is 6.08 Å². The number of nitrogens with zero attached hydrogens (tertiary/aromatic N) is 1. The van der Waals surface area contributed by atoms with Crippen molar-refractivity contribution in [3.8, 4) is 0 Å². The lowest BCUT2D eigenvalue weighted by molar-refractivity contribution is -0.130. The quantitative estimate of drug-likeness (QED) is 0.609. The molecule has 1 aromatic rings. The summed E-state index contributed by atoms with van der Waals surface area (Å²) in [5.74, 6) is 0.144. The first-order valence-corrected chi connectivity index (χ1v) is 8.94. The summed E-state index contributed by atoms with van der Waals surface area (Å²) >= 11 is 3.45. The van der Waals surface area contributed by atoms with Crippen molar-refractivity contribution in [2.75, 3.05) is 19.6 Å². The first kappa shape index (κ1) is 17.7. The molecule has 1 aliphatic rings. The minimum atomic E-state index is -0.108. The Morgan fingerprint density at radius 1 is 1.26 bits per heavy atom. The van der Waals surface area contributed by atoms with Crippen LogP contribution in [0.1, 0.15) is 37.7 Å². The van der Waals surface area contributed by atoms with Gasteiger partial charge in [-0.05, 0) is 37.0 Å². The van der Waals surface area contributed by atoms with Crippen LogP contribution in [-0.4, -0.2) is 36.3 Å². The molecule has 23 heavy (non-hydrogen) atoms. The first-order chi connectivity index (χ1) is 11.2. The number of benzene rings is 1. The van der Waals surface area contributed by atoms with Crippen molar-refractivity contribution < 1.29 is 9.59 Å². The highest BCUT2D eigenvalue weighted by molar-refractivity contribution is 9.10. The van der Waals surface area contributed by atoms with Crippen molar-refractivity contribution in [1.29, 1.82) is 0 Å². The number of carbonyl (C=O) groups excluding carboxylic acids is 2. The molecule has 0 aromatic heterocycles. The van der Waals surface area contributed by atoms with E-state index in [4.69, 9.17) is 0 Å². The number of hydrogen-bond acceptors (Lipinski definition) is 2. The number of hydrogen-bond donors (Lipinski definition) is 1. The van der Waals surface area contributed by atoms with Crippen LogP contribution in [0, 0.1) is 0 Å². The number of halogens is 1. The van der Waals surface area contributed by atoms with Crippen LogP contribution in [0.2, 0.25) is 0 Å². The van der Waals surface area contributed by atoms with Crippen LogP contribution in [0.15, 0.2) is 34.8 Å². The number of likely N-dealkylation sites (tertiary alicyclic amines) is 1. The molecular weight excluding hydrogens is 356 g/mol. The molecule has 0 bridgehead atoms. The van der Waals surface area contributed by atoms with Gasteiger partial charge in [-0.2, -0.15) is 0 Å². The van der Waals surface area contributed by atoms with Gasteiger partial charge < -0.3 is 10.2 Å². The maximum Gasteiger partial charge on any atom is 0.244 e. The molecule has 0 saturated carbocycles. The van der Waals surface area contributed by atoms with E-state index in [9.17, 15) is 9.59 Å². The molecule has 1 N–H and O–H groups in total. The van der Waals surface area contributed by atoms with Gasteiger partial charge in [-0.15, -0.1) is 0 Å². The van der Waals surface area contributed by atoms with E-state index in [-0.39, 0.29) is 11.8 Å². The van der Waals surface area contributed by atoms with Gasteiger partial charge in [0.15, 0.2) is 0 Å². The summed E-state index contributed by atoms with van der Waals surface area (Å²) in [6.07, 6.45) is 8.02. The van der Waals surface area contributed by atoms with Crippen molar-refractivity contribution in [3.05, 3.63) is 40.4 Å². The minimum Gasteiger partial charge on any atom is -0.352 e. The molecule has 4 nitrogen and oxygen atoms in total. The van der Waals surface area contributed by atoms with Crippen molar-refractivity contribution >= 4 is 33.8 Å². The fourth-order valence-electron chi connectivity index (χ4n) is 2.59. The van der Waals surface area contributed by atoms with Gasteiger partial charge in [0.1, 0.15) is 0 Å². The van der Waals surface area contributed by atoms with Gasteiger partial charge in [0.2, 0.25) is 11.8 Å². The Morgan fingerprint density at radius 3 is 2.91 bits per heavy atom. The van der Waals surface area contributed by atoms with Gasteiger partial charge in [-0.3, -0.25) is 9.59 Å². The molecule has 1 fully saturated rings. The van der Waals surface area contributed by atoms with Crippen LogP contribution in [0.5, 0.6) is 0 Å². The Kier molecular flexibility index (Phi) is 7.33. The summed E-state index contributed by atoms with van der Waals surface area (Å²) in [5.41, 5.74) is 0.970. The van der Waals surface area contributed by atoms with Crippen molar-refractivity contribution in [3.63, 3.8) is 0 Å².